The molecule has 14 heavy (non-hydrogen) atoms. The standard InChI is InChI=1S/C10H8BrClO2/c11-10-3-2-9(6-8(10)7-13)14-5-1-4-12/h1-4,6-7H,5H2/b4-1+. The Bertz CT molecular complexity index is 350. The first-order valence-electron chi connectivity index (χ1n) is 3.90. The van der Waals surface area contributed by atoms with Gasteiger partial charge in [-0.05, 0) is 24.3 Å². The smallest absolute Gasteiger partial charge is 0.151 e. The molecule has 1 rings (SSSR count). The van der Waals surface area contributed by atoms with Gasteiger partial charge in [0.1, 0.15) is 12.4 Å². The van der Waals surface area contributed by atoms with E-state index >= 15 is 0 Å². The van der Waals surface area contributed by atoms with Crippen molar-refractivity contribution in [2.24, 2.45) is 0 Å². The maximum Gasteiger partial charge on any atom is 0.151 e. The van der Waals surface area contributed by atoms with Gasteiger partial charge in [-0.15, -0.1) is 0 Å². The van der Waals surface area contributed by atoms with Crippen molar-refractivity contribution >= 4 is 33.8 Å². The third-order valence-corrected chi connectivity index (χ3v) is 2.43. The molecular weight excluding hydrogens is 267 g/mol. The fourth-order valence-corrected chi connectivity index (χ4v) is 1.30. The minimum Gasteiger partial charge on any atom is -0.489 e. The van der Waals surface area contributed by atoms with Gasteiger partial charge in [-0.2, -0.15) is 0 Å². The molecule has 0 N–H and O–H groups in total. The molecule has 0 saturated heterocycles. The van der Waals surface area contributed by atoms with E-state index < -0.39 is 0 Å². The summed E-state index contributed by atoms with van der Waals surface area (Å²) in [6.07, 6.45) is 2.44. The summed E-state index contributed by atoms with van der Waals surface area (Å²) >= 11 is 8.58. The van der Waals surface area contributed by atoms with Crippen LogP contribution in [0.4, 0.5) is 0 Å². The van der Waals surface area contributed by atoms with Crippen LogP contribution < -0.4 is 4.74 Å². The molecular formula is C10H8BrClO2. The van der Waals surface area contributed by atoms with Crippen molar-refractivity contribution in [2.45, 2.75) is 0 Å². The number of carbonyl (C=O) groups is 1. The maximum atomic E-state index is 10.6. The van der Waals surface area contributed by atoms with Crippen LogP contribution in [0.15, 0.2) is 34.3 Å². The first-order chi connectivity index (χ1) is 6.77. The number of benzene rings is 1. The molecule has 0 fully saturated rings. The monoisotopic (exact) mass is 274 g/mol. The number of hydrogen-bond acceptors (Lipinski definition) is 2. The van der Waals surface area contributed by atoms with Gasteiger partial charge in [-0.3, -0.25) is 4.79 Å². The normalized spacial score (nSPS) is 10.4. The van der Waals surface area contributed by atoms with E-state index in [2.05, 4.69) is 15.9 Å². The SMILES string of the molecule is O=Cc1cc(OC/C=C/Cl)ccc1Br. The van der Waals surface area contributed by atoms with E-state index in [4.69, 9.17) is 16.3 Å². The average Bonchev–Trinajstić information content (AvgIpc) is 2.21. The molecule has 0 amide bonds. The molecule has 0 heterocycles. The third kappa shape index (κ3) is 3.16. The average molecular weight is 276 g/mol. The molecule has 0 bridgehead atoms. The molecule has 0 aromatic heterocycles. The molecule has 2 nitrogen and oxygen atoms in total. The number of hydrogen-bond donors (Lipinski definition) is 0. The zero-order valence-electron chi connectivity index (χ0n) is 7.24. The van der Waals surface area contributed by atoms with Gasteiger partial charge in [0.15, 0.2) is 6.29 Å². The Balaban J connectivity index is 2.74. The number of ether oxygens (including phenoxy) is 1. The fraction of sp³-hybridized carbons (Fsp3) is 0.100. The van der Waals surface area contributed by atoms with Crippen LogP contribution in [0.2, 0.25) is 0 Å². The lowest BCUT2D eigenvalue weighted by molar-refractivity contribution is 0.112. The van der Waals surface area contributed by atoms with Gasteiger partial charge in [-0.1, -0.05) is 27.5 Å². The highest BCUT2D eigenvalue weighted by molar-refractivity contribution is 9.10. The van der Waals surface area contributed by atoms with Crippen molar-refractivity contribution in [1.82, 2.24) is 0 Å². The lowest BCUT2D eigenvalue weighted by Gasteiger charge is -2.04. The molecule has 0 spiro atoms. The van der Waals surface area contributed by atoms with Crippen LogP contribution in [0.5, 0.6) is 5.75 Å². The number of aldehydes is 1. The van der Waals surface area contributed by atoms with Crippen molar-refractivity contribution in [3.8, 4) is 5.75 Å². The second-order valence-electron chi connectivity index (χ2n) is 2.47. The topological polar surface area (TPSA) is 26.3 Å². The van der Waals surface area contributed by atoms with Gasteiger partial charge in [0.2, 0.25) is 0 Å². The van der Waals surface area contributed by atoms with Gasteiger partial charge in [-0.25, -0.2) is 0 Å². The second-order valence-corrected chi connectivity index (χ2v) is 3.58. The molecule has 0 atom stereocenters. The van der Waals surface area contributed by atoms with E-state index in [0.29, 0.717) is 17.9 Å². The highest BCUT2D eigenvalue weighted by atomic mass is 79.9. The predicted octanol–water partition coefficient (Wildman–Crippen LogP) is 3.39. The summed E-state index contributed by atoms with van der Waals surface area (Å²) in [5.41, 5.74) is 1.96. The maximum absolute atomic E-state index is 10.6. The quantitative estimate of drug-likeness (QED) is 0.787. The van der Waals surface area contributed by atoms with E-state index in [1.165, 1.54) is 5.54 Å². The van der Waals surface area contributed by atoms with Crippen LogP contribution in [-0.2, 0) is 0 Å². The Hall–Kier alpha value is -0.800. The van der Waals surface area contributed by atoms with Crippen molar-refractivity contribution < 1.29 is 9.53 Å². The summed E-state index contributed by atoms with van der Waals surface area (Å²) in [6.45, 7) is 0.392. The zero-order valence-corrected chi connectivity index (χ0v) is 9.59. The summed E-state index contributed by atoms with van der Waals surface area (Å²) in [7, 11) is 0. The molecule has 74 valence electrons. The van der Waals surface area contributed by atoms with E-state index in [-0.39, 0.29) is 0 Å². The zero-order chi connectivity index (χ0) is 10.4. The Kier molecular flexibility index (Phi) is 4.70. The highest BCUT2D eigenvalue weighted by Crippen LogP contribution is 2.21. The summed E-state index contributed by atoms with van der Waals surface area (Å²) in [6, 6.07) is 5.21. The van der Waals surface area contributed by atoms with Gasteiger partial charge in [0, 0.05) is 15.6 Å². The lowest BCUT2D eigenvalue weighted by Crippen LogP contribution is -1.94. The predicted molar refractivity (Wildman–Crippen MR) is 60.0 cm³/mol. The van der Waals surface area contributed by atoms with Gasteiger partial charge >= 0.3 is 0 Å². The first kappa shape index (κ1) is 11.3. The Morgan fingerprint density at radius 2 is 2.29 bits per heavy atom. The molecule has 4 heteroatoms. The summed E-state index contributed by atoms with van der Waals surface area (Å²) in [4.78, 5) is 10.6. The Morgan fingerprint density at radius 1 is 1.50 bits per heavy atom. The molecule has 0 unspecified atom stereocenters. The minimum atomic E-state index is 0.392. The number of carbonyl (C=O) groups excluding carboxylic acids is 1. The van der Waals surface area contributed by atoms with Crippen LogP contribution in [0.25, 0.3) is 0 Å². The molecule has 0 saturated carbocycles. The molecule has 0 aliphatic carbocycles. The Labute approximate surface area is 95.6 Å². The van der Waals surface area contributed by atoms with E-state index in [1.807, 2.05) is 0 Å². The summed E-state index contributed by atoms with van der Waals surface area (Å²) < 4.78 is 6.05. The second kappa shape index (κ2) is 5.83. The first-order valence-corrected chi connectivity index (χ1v) is 5.13. The van der Waals surface area contributed by atoms with Crippen molar-refractivity contribution in [3.63, 3.8) is 0 Å². The minimum absolute atomic E-state index is 0.392. The lowest BCUT2D eigenvalue weighted by atomic mass is 10.2. The highest BCUT2D eigenvalue weighted by Gasteiger charge is 2.00. The fourth-order valence-electron chi connectivity index (χ4n) is 0.883. The molecule has 1 aromatic carbocycles. The van der Waals surface area contributed by atoms with Crippen molar-refractivity contribution in [3.05, 3.63) is 39.8 Å². The van der Waals surface area contributed by atoms with Gasteiger partial charge in [0.25, 0.3) is 0 Å². The van der Waals surface area contributed by atoms with E-state index in [1.54, 1.807) is 24.3 Å². The molecule has 0 aliphatic rings. The van der Waals surface area contributed by atoms with E-state index in [9.17, 15) is 4.79 Å². The van der Waals surface area contributed by atoms with Crippen molar-refractivity contribution in [2.75, 3.05) is 6.61 Å². The molecule has 0 aliphatic heterocycles. The molecule has 0 radical (unpaired) electrons. The molecule has 1 aromatic rings. The largest absolute Gasteiger partial charge is 0.489 e. The van der Waals surface area contributed by atoms with Crippen LogP contribution in [0.1, 0.15) is 10.4 Å². The van der Waals surface area contributed by atoms with Crippen LogP contribution in [0, 0.1) is 0 Å². The summed E-state index contributed by atoms with van der Waals surface area (Å²) in [5, 5.41) is 0. The van der Waals surface area contributed by atoms with Gasteiger partial charge < -0.3 is 4.74 Å². The number of rotatable bonds is 4. The van der Waals surface area contributed by atoms with Crippen LogP contribution in [0.3, 0.4) is 0 Å². The van der Waals surface area contributed by atoms with E-state index in [0.717, 1.165) is 10.8 Å². The number of halogens is 2. The van der Waals surface area contributed by atoms with Gasteiger partial charge in [0.05, 0.1) is 0 Å². The Morgan fingerprint density at radius 3 is 2.93 bits per heavy atom. The van der Waals surface area contributed by atoms with Crippen molar-refractivity contribution in [1.29, 1.82) is 0 Å². The van der Waals surface area contributed by atoms with Crippen LogP contribution in [-0.4, -0.2) is 12.9 Å². The summed E-state index contributed by atoms with van der Waals surface area (Å²) in [5.74, 6) is 0.644. The third-order valence-electron chi connectivity index (χ3n) is 1.53. The van der Waals surface area contributed by atoms with Crippen LogP contribution >= 0.6 is 27.5 Å².